The quantitative estimate of drug-likeness (QED) is 0.905. The molecule has 1 saturated heterocycles. The number of hydrogen-bond acceptors (Lipinski definition) is 5. The molecule has 2 aromatic heterocycles. The zero-order valence-corrected chi connectivity index (χ0v) is 12.7. The summed E-state index contributed by atoms with van der Waals surface area (Å²) in [5.41, 5.74) is 7.98. The van der Waals surface area contributed by atoms with E-state index in [1.165, 1.54) is 25.9 Å². The Balaban J connectivity index is 1.73. The highest BCUT2D eigenvalue weighted by atomic mass is 15.3. The van der Waals surface area contributed by atoms with Crippen LogP contribution in [0.25, 0.3) is 11.0 Å². The molecule has 6 heteroatoms. The lowest BCUT2D eigenvalue weighted by Crippen LogP contribution is -2.18. The molecule has 0 spiro atoms. The van der Waals surface area contributed by atoms with Crippen molar-refractivity contribution in [1.82, 2.24) is 24.6 Å². The second-order valence-electron chi connectivity index (χ2n) is 6.57. The van der Waals surface area contributed by atoms with E-state index in [0.717, 1.165) is 35.0 Å². The van der Waals surface area contributed by atoms with Crippen LogP contribution in [0, 0.1) is 11.8 Å². The van der Waals surface area contributed by atoms with Crippen LogP contribution in [0.15, 0.2) is 6.33 Å². The normalized spacial score (nSPS) is 29.3. The molecule has 3 heterocycles. The molecular weight excluding hydrogens is 264 g/mol. The molecule has 2 aromatic rings. The molecule has 21 heavy (non-hydrogen) atoms. The SMILES string of the molecule is CCc1nn(C2CC3CN(C)CC3C2)c2ncnc(N)c12. The topological polar surface area (TPSA) is 72.9 Å². The van der Waals surface area contributed by atoms with Gasteiger partial charge < -0.3 is 10.6 Å². The van der Waals surface area contributed by atoms with E-state index >= 15 is 0 Å². The second kappa shape index (κ2) is 4.66. The fraction of sp³-hybridized carbons (Fsp3) is 0.667. The maximum absolute atomic E-state index is 6.04. The summed E-state index contributed by atoms with van der Waals surface area (Å²) in [6, 6.07) is 0.464. The first kappa shape index (κ1) is 13.0. The van der Waals surface area contributed by atoms with Crippen molar-refractivity contribution in [3.05, 3.63) is 12.0 Å². The van der Waals surface area contributed by atoms with Crippen LogP contribution in [0.1, 0.15) is 31.5 Å². The van der Waals surface area contributed by atoms with Gasteiger partial charge in [0.2, 0.25) is 0 Å². The number of nitrogen functional groups attached to an aromatic ring is 1. The van der Waals surface area contributed by atoms with Crippen molar-refractivity contribution in [2.24, 2.45) is 11.8 Å². The van der Waals surface area contributed by atoms with Gasteiger partial charge in [-0.1, -0.05) is 6.92 Å². The van der Waals surface area contributed by atoms with Crippen LogP contribution >= 0.6 is 0 Å². The van der Waals surface area contributed by atoms with E-state index in [1.807, 2.05) is 0 Å². The number of fused-ring (bicyclic) bond motifs is 2. The molecule has 0 amide bonds. The molecule has 0 bridgehead atoms. The Kier molecular flexibility index (Phi) is 2.89. The van der Waals surface area contributed by atoms with E-state index in [0.29, 0.717) is 11.9 Å². The zero-order chi connectivity index (χ0) is 14.6. The number of anilines is 1. The van der Waals surface area contributed by atoms with Gasteiger partial charge in [-0.3, -0.25) is 0 Å². The highest BCUT2D eigenvalue weighted by molar-refractivity contribution is 5.88. The molecule has 0 radical (unpaired) electrons. The minimum absolute atomic E-state index is 0.464. The fourth-order valence-electron chi connectivity index (χ4n) is 4.27. The zero-order valence-electron chi connectivity index (χ0n) is 12.7. The van der Waals surface area contributed by atoms with Gasteiger partial charge in [0, 0.05) is 13.1 Å². The Morgan fingerprint density at radius 3 is 2.62 bits per heavy atom. The number of likely N-dealkylation sites (tertiary alicyclic amines) is 1. The minimum Gasteiger partial charge on any atom is -0.383 e. The van der Waals surface area contributed by atoms with Crippen molar-refractivity contribution in [2.45, 2.75) is 32.2 Å². The molecule has 112 valence electrons. The van der Waals surface area contributed by atoms with E-state index in [9.17, 15) is 0 Å². The lowest BCUT2D eigenvalue weighted by atomic mass is 10.0. The monoisotopic (exact) mass is 286 g/mol. The van der Waals surface area contributed by atoms with Gasteiger partial charge in [-0.05, 0) is 38.1 Å². The van der Waals surface area contributed by atoms with Crippen LogP contribution in [0.4, 0.5) is 5.82 Å². The largest absolute Gasteiger partial charge is 0.383 e. The average Bonchev–Trinajstić information content (AvgIpc) is 3.09. The van der Waals surface area contributed by atoms with E-state index in [1.54, 1.807) is 6.33 Å². The lowest BCUT2D eigenvalue weighted by molar-refractivity contribution is 0.345. The minimum atomic E-state index is 0.464. The van der Waals surface area contributed by atoms with E-state index in [2.05, 4.69) is 33.5 Å². The number of hydrogen-bond donors (Lipinski definition) is 1. The first-order valence-corrected chi connectivity index (χ1v) is 7.83. The van der Waals surface area contributed by atoms with Crippen LogP contribution in [-0.2, 0) is 6.42 Å². The van der Waals surface area contributed by atoms with Crippen molar-refractivity contribution in [3.63, 3.8) is 0 Å². The van der Waals surface area contributed by atoms with Crippen molar-refractivity contribution in [2.75, 3.05) is 25.9 Å². The molecule has 2 aliphatic rings. The summed E-state index contributed by atoms with van der Waals surface area (Å²) in [5, 5.41) is 5.77. The summed E-state index contributed by atoms with van der Waals surface area (Å²) in [4.78, 5) is 11.0. The van der Waals surface area contributed by atoms with Gasteiger partial charge in [0.1, 0.15) is 12.1 Å². The van der Waals surface area contributed by atoms with Crippen LogP contribution in [0.3, 0.4) is 0 Å². The van der Waals surface area contributed by atoms with Gasteiger partial charge in [0.05, 0.1) is 17.1 Å². The van der Waals surface area contributed by atoms with Crippen molar-refractivity contribution in [1.29, 1.82) is 0 Å². The number of nitrogens with zero attached hydrogens (tertiary/aromatic N) is 5. The Morgan fingerprint density at radius 1 is 1.24 bits per heavy atom. The van der Waals surface area contributed by atoms with Crippen LogP contribution in [0.5, 0.6) is 0 Å². The number of nitrogens with two attached hydrogens (primary N) is 1. The van der Waals surface area contributed by atoms with E-state index in [4.69, 9.17) is 10.8 Å². The molecule has 1 saturated carbocycles. The smallest absolute Gasteiger partial charge is 0.163 e. The third kappa shape index (κ3) is 1.92. The number of aromatic nitrogens is 4. The van der Waals surface area contributed by atoms with E-state index < -0.39 is 0 Å². The third-order valence-electron chi connectivity index (χ3n) is 5.18. The van der Waals surface area contributed by atoms with Gasteiger partial charge in [-0.2, -0.15) is 5.10 Å². The van der Waals surface area contributed by atoms with Crippen molar-refractivity contribution < 1.29 is 0 Å². The van der Waals surface area contributed by atoms with Gasteiger partial charge in [0.25, 0.3) is 0 Å². The first-order chi connectivity index (χ1) is 10.2. The summed E-state index contributed by atoms with van der Waals surface area (Å²) in [6.07, 6.45) is 4.83. The molecule has 2 N–H and O–H groups in total. The molecule has 1 aliphatic heterocycles. The molecule has 4 rings (SSSR count). The summed E-state index contributed by atoms with van der Waals surface area (Å²) in [5.74, 6) is 2.17. The summed E-state index contributed by atoms with van der Waals surface area (Å²) in [7, 11) is 2.22. The Labute approximate surface area is 124 Å². The van der Waals surface area contributed by atoms with Crippen LogP contribution in [0.2, 0.25) is 0 Å². The van der Waals surface area contributed by atoms with Crippen LogP contribution in [-0.4, -0.2) is 44.8 Å². The fourth-order valence-corrected chi connectivity index (χ4v) is 4.27. The third-order valence-corrected chi connectivity index (χ3v) is 5.18. The standard InChI is InChI=1S/C15H22N6/c1-3-12-13-14(16)17-8-18-15(13)21(19-12)11-4-9-6-20(2)7-10(9)5-11/h8-11H,3-7H2,1-2H3,(H2,16,17,18). The van der Waals surface area contributed by atoms with Gasteiger partial charge in [-0.25, -0.2) is 14.6 Å². The lowest BCUT2D eigenvalue weighted by Gasteiger charge is -2.15. The molecular formula is C15H22N6. The van der Waals surface area contributed by atoms with Crippen molar-refractivity contribution in [3.8, 4) is 0 Å². The Bertz CT molecular complexity index is 664. The predicted molar refractivity (Wildman–Crippen MR) is 81.9 cm³/mol. The molecule has 2 unspecified atom stereocenters. The Hall–Kier alpha value is -1.69. The molecule has 2 atom stereocenters. The highest BCUT2D eigenvalue weighted by Gasteiger charge is 2.41. The molecule has 2 fully saturated rings. The van der Waals surface area contributed by atoms with E-state index in [-0.39, 0.29) is 0 Å². The number of rotatable bonds is 2. The summed E-state index contributed by atoms with van der Waals surface area (Å²) < 4.78 is 2.13. The highest BCUT2D eigenvalue weighted by Crippen LogP contribution is 2.44. The second-order valence-corrected chi connectivity index (χ2v) is 6.57. The molecule has 6 nitrogen and oxygen atoms in total. The van der Waals surface area contributed by atoms with Gasteiger partial charge in [-0.15, -0.1) is 0 Å². The van der Waals surface area contributed by atoms with Gasteiger partial charge in [0.15, 0.2) is 5.65 Å². The summed E-state index contributed by atoms with van der Waals surface area (Å²) >= 11 is 0. The van der Waals surface area contributed by atoms with Gasteiger partial charge >= 0.3 is 0 Å². The maximum Gasteiger partial charge on any atom is 0.163 e. The summed E-state index contributed by atoms with van der Waals surface area (Å²) in [6.45, 7) is 4.55. The van der Waals surface area contributed by atoms with Crippen LogP contribution < -0.4 is 5.73 Å². The molecule has 0 aromatic carbocycles. The first-order valence-electron chi connectivity index (χ1n) is 7.83. The Morgan fingerprint density at radius 2 is 1.95 bits per heavy atom. The maximum atomic E-state index is 6.04. The predicted octanol–water partition coefficient (Wildman–Crippen LogP) is 1.48. The number of aryl methyl sites for hydroxylation is 1. The average molecular weight is 286 g/mol. The molecule has 1 aliphatic carbocycles. The van der Waals surface area contributed by atoms with Crippen molar-refractivity contribution >= 4 is 16.9 Å².